The highest BCUT2D eigenvalue weighted by atomic mass is 32.2. The summed E-state index contributed by atoms with van der Waals surface area (Å²) < 4.78 is 15.4. The third kappa shape index (κ3) is 3.23. The third-order valence-corrected chi connectivity index (χ3v) is 5.28. The van der Waals surface area contributed by atoms with Gasteiger partial charge in [-0.25, -0.2) is 4.39 Å². The molecule has 0 aliphatic carbocycles. The fraction of sp³-hybridized carbons (Fsp3) is 0.273. The quantitative estimate of drug-likeness (QED) is 0.860. The van der Waals surface area contributed by atoms with Gasteiger partial charge in [0.05, 0.1) is 0 Å². The van der Waals surface area contributed by atoms with Crippen LogP contribution in [-0.2, 0) is 6.42 Å². The minimum Gasteiger partial charge on any atom is -0.330 e. The van der Waals surface area contributed by atoms with Crippen LogP contribution in [0.2, 0.25) is 0 Å². The number of hydrogen-bond donors (Lipinski definition) is 1. The topological polar surface area (TPSA) is 51.8 Å². The molecule has 0 atom stereocenters. The van der Waals surface area contributed by atoms with Crippen LogP contribution in [0, 0.1) is 5.82 Å². The normalized spacial score (nSPS) is 10.8. The monoisotopic (exact) mass is 301 g/mol. The van der Waals surface area contributed by atoms with Crippen molar-refractivity contribution in [2.24, 2.45) is 5.73 Å². The van der Waals surface area contributed by atoms with Crippen molar-refractivity contribution in [1.29, 1.82) is 0 Å². The van der Waals surface area contributed by atoms with E-state index in [1.54, 1.807) is 17.8 Å². The zero-order valence-electron chi connectivity index (χ0n) is 9.72. The van der Waals surface area contributed by atoms with Crippen molar-refractivity contribution in [3.05, 3.63) is 29.6 Å². The van der Waals surface area contributed by atoms with Crippen LogP contribution in [0.15, 0.2) is 31.8 Å². The Hall–Kier alpha value is -0.630. The zero-order valence-corrected chi connectivity index (χ0v) is 12.2. The molecule has 0 saturated heterocycles. The number of aromatic nitrogens is 2. The van der Waals surface area contributed by atoms with Gasteiger partial charge in [-0.2, -0.15) is 0 Å². The molecule has 0 aliphatic rings. The molecule has 2 aromatic rings. The molecule has 0 radical (unpaired) electrons. The Morgan fingerprint density at radius 1 is 1.33 bits per heavy atom. The third-order valence-electron chi connectivity index (χ3n) is 2.23. The summed E-state index contributed by atoms with van der Waals surface area (Å²) in [6.45, 7) is 0.431. The van der Waals surface area contributed by atoms with Crippen LogP contribution < -0.4 is 5.73 Å². The van der Waals surface area contributed by atoms with Crippen molar-refractivity contribution in [3.63, 3.8) is 0 Å². The van der Waals surface area contributed by atoms with Crippen LogP contribution in [0.4, 0.5) is 4.39 Å². The highest BCUT2D eigenvalue weighted by Crippen LogP contribution is 2.35. The number of hydrogen-bond acceptors (Lipinski definition) is 6. The summed E-state index contributed by atoms with van der Waals surface area (Å²) in [6, 6.07) is 5.05. The van der Waals surface area contributed by atoms with E-state index in [0.29, 0.717) is 18.5 Å². The molecule has 0 spiro atoms. The number of halogens is 1. The van der Waals surface area contributed by atoms with Gasteiger partial charge in [-0.15, -0.1) is 10.2 Å². The molecule has 1 aromatic carbocycles. The minimum atomic E-state index is -0.208. The Balaban J connectivity index is 2.25. The maximum Gasteiger partial charge on any atom is 0.179 e. The molecule has 18 heavy (non-hydrogen) atoms. The summed E-state index contributed by atoms with van der Waals surface area (Å²) in [6.07, 6.45) is 2.49. The first-order chi connectivity index (χ1) is 8.74. The van der Waals surface area contributed by atoms with Crippen molar-refractivity contribution >= 4 is 34.9 Å². The van der Waals surface area contributed by atoms with Crippen LogP contribution >= 0.6 is 34.9 Å². The fourth-order valence-electron chi connectivity index (χ4n) is 1.44. The van der Waals surface area contributed by atoms with Crippen molar-refractivity contribution in [2.45, 2.75) is 20.0 Å². The molecule has 0 bridgehead atoms. The first kappa shape index (κ1) is 13.8. The predicted molar refractivity (Wildman–Crippen MR) is 75.0 cm³/mol. The van der Waals surface area contributed by atoms with Gasteiger partial charge in [0.25, 0.3) is 0 Å². The molecule has 3 nitrogen and oxygen atoms in total. The van der Waals surface area contributed by atoms with Crippen LogP contribution in [0.5, 0.6) is 0 Å². The maximum atomic E-state index is 13.7. The Bertz CT molecular complexity index is 530. The van der Waals surface area contributed by atoms with E-state index in [9.17, 15) is 4.39 Å². The largest absolute Gasteiger partial charge is 0.330 e. The summed E-state index contributed by atoms with van der Waals surface area (Å²) in [4.78, 5) is 0.865. The van der Waals surface area contributed by atoms with Gasteiger partial charge in [-0.05, 0) is 31.4 Å². The second-order valence-corrected chi connectivity index (χ2v) is 6.72. The second kappa shape index (κ2) is 6.51. The van der Waals surface area contributed by atoms with Crippen molar-refractivity contribution in [3.8, 4) is 0 Å². The molecule has 0 saturated carbocycles. The van der Waals surface area contributed by atoms with Gasteiger partial charge in [0, 0.05) is 10.5 Å². The highest BCUT2D eigenvalue weighted by molar-refractivity contribution is 8.03. The summed E-state index contributed by atoms with van der Waals surface area (Å²) in [5.41, 5.74) is 6.17. The minimum absolute atomic E-state index is 0.208. The van der Waals surface area contributed by atoms with E-state index in [1.165, 1.54) is 29.2 Å². The van der Waals surface area contributed by atoms with E-state index < -0.39 is 0 Å². The standard InChI is InChI=1S/C11H12FN3S3/c1-16-10-14-15-11(18-10)17-9-4-2-3-8(12)7(9)5-6-13/h2-4H,5-6,13H2,1H3. The van der Waals surface area contributed by atoms with Crippen LogP contribution in [-0.4, -0.2) is 23.0 Å². The summed E-state index contributed by atoms with van der Waals surface area (Å²) in [7, 11) is 0. The summed E-state index contributed by atoms with van der Waals surface area (Å²) in [5, 5.41) is 8.09. The molecule has 0 fully saturated rings. The van der Waals surface area contributed by atoms with Gasteiger partial charge in [0.1, 0.15) is 5.82 Å². The first-order valence-corrected chi connectivity index (χ1v) is 8.13. The molecular formula is C11H12FN3S3. The Morgan fingerprint density at radius 3 is 2.78 bits per heavy atom. The molecule has 96 valence electrons. The molecule has 2 N–H and O–H groups in total. The Morgan fingerprint density at radius 2 is 2.11 bits per heavy atom. The maximum absolute atomic E-state index is 13.7. The van der Waals surface area contributed by atoms with Crippen LogP contribution in [0.1, 0.15) is 5.56 Å². The SMILES string of the molecule is CSc1nnc(Sc2cccc(F)c2CCN)s1. The van der Waals surface area contributed by atoms with Crippen LogP contribution in [0.3, 0.4) is 0 Å². The van der Waals surface area contributed by atoms with Gasteiger partial charge >= 0.3 is 0 Å². The van der Waals surface area contributed by atoms with E-state index in [1.807, 2.05) is 12.3 Å². The molecule has 1 heterocycles. The van der Waals surface area contributed by atoms with Crippen LogP contribution in [0.25, 0.3) is 0 Å². The fourth-order valence-corrected chi connectivity index (χ4v) is 4.01. The summed E-state index contributed by atoms with van der Waals surface area (Å²) in [5.74, 6) is -0.208. The van der Waals surface area contributed by atoms with E-state index in [0.717, 1.165) is 13.6 Å². The molecule has 0 amide bonds. The zero-order chi connectivity index (χ0) is 13.0. The molecule has 1 aromatic heterocycles. The van der Waals surface area contributed by atoms with Gasteiger partial charge < -0.3 is 5.73 Å². The molecular weight excluding hydrogens is 289 g/mol. The first-order valence-electron chi connectivity index (χ1n) is 5.27. The smallest absolute Gasteiger partial charge is 0.179 e. The number of benzene rings is 1. The lowest BCUT2D eigenvalue weighted by Gasteiger charge is -2.07. The second-order valence-electron chi connectivity index (χ2n) is 3.40. The van der Waals surface area contributed by atoms with E-state index in [-0.39, 0.29) is 5.82 Å². The average Bonchev–Trinajstić information content (AvgIpc) is 2.81. The number of nitrogens with zero attached hydrogens (tertiary/aromatic N) is 2. The number of thioether (sulfide) groups is 1. The van der Waals surface area contributed by atoms with Gasteiger partial charge in [0.15, 0.2) is 8.68 Å². The highest BCUT2D eigenvalue weighted by Gasteiger charge is 2.11. The molecule has 2 rings (SSSR count). The van der Waals surface area contributed by atoms with Crippen molar-refractivity contribution in [1.82, 2.24) is 10.2 Å². The van der Waals surface area contributed by atoms with Crippen molar-refractivity contribution in [2.75, 3.05) is 12.8 Å². The van der Waals surface area contributed by atoms with Gasteiger partial charge in [0.2, 0.25) is 0 Å². The number of nitrogens with two attached hydrogens (primary N) is 1. The molecule has 0 aliphatic heterocycles. The molecule has 7 heteroatoms. The van der Waals surface area contributed by atoms with Crippen molar-refractivity contribution < 1.29 is 4.39 Å². The van der Waals surface area contributed by atoms with E-state index >= 15 is 0 Å². The lowest BCUT2D eigenvalue weighted by atomic mass is 10.1. The van der Waals surface area contributed by atoms with Gasteiger partial charge in [-0.1, -0.05) is 40.9 Å². The summed E-state index contributed by atoms with van der Waals surface area (Å²) >= 11 is 4.51. The van der Waals surface area contributed by atoms with E-state index in [4.69, 9.17) is 5.73 Å². The van der Waals surface area contributed by atoms with E-state index in [2.05, 4.69) is 10.2 Å². The number of rotatable bonds is 5. The Labute approximate surface area is 117 Å². The Kier molecular flexibility index (Phi) is 4.99. The van der Waals surface area contributed by atoms with Gasteiger partial charge in [-0.3, -0.25) is 0 Å². The lowest BCUT2D eigenvalue weighted by molar-refractivity contribution is 0.603. The predicted octanol–water partition coefficient (Wildman–Crippen LogP) is 3.05. The molecule has 0 unspecified atom stereocenters. The lowest BCUT2D eigenvalue weighted by Crippen LogP contribution is -2.05. The average molecular weight is 301 g/mol.